The molecule has 1 heterocycles. The van der Waals surface area contributed by atoms with E-state index in [-0.39, 0.29) is 17.9 Å². The molecule has 1 amide bonds. The number of aryl methyl sites for hydroxylation is 1. The van der Waals surface area contributed by atoms with Gasteiger partial charge in [-0.25, -0.2) is 4.68 Å². The number of benzene rings is 2. The molecule has 7 heteroatoms. The van der Waals surface area contributed by atoms with Crippen molar-refractivity contribution in [3.63, 3.8) is 0 Å². The van der Waals surface area contributed by atoms with Gasteiger partial charge in [-0.15, -0.1) is 0 Å². The highest BCUT2D eigenvalue weighted by molar-refractivity contribution is 6.32. The predicted octanol–water partition coefficient (Wildman–Crippen LogP) is 2.78. The third-order valence-corrected chi connectivity index (χ3v) is 4.09. The number of amides is 1. The first-order valence-electron chi connectivity index (χ1n) is 7.58. The van der Waals surface area contributed by atoms with Crippen molar-refractivity contribution in [2.45, 2.75) is 6.42 Å². The van der Waals surface area contributed by atoms with Gasteiger partial charge in [-0.1, -0.05) is 29.8 Å². The smallest absolute Gasteiger partial charge is 0.274 e. The third kappa shape index (κ3) is 3.49. The molecule has 3 aromatic rings. The molecule has 6 nitrogen and oxygen atoms in total. The Morgan fingerprint density at radius 3 is 2.64 bits per heavy atom. The zero-order valence-electron chi connectivity index (χ0n) is 13.7. The number of hydrogen-bond acceptors (Lipinski definition) is 4. The Morgan fingerprint density at radius 2 is 1.96 bits per heavy atom. The number of rotatable bonds is 4. The average molecular weight is 358 g/mol. The van der Waals surface area contributed by atoms with E-state index in [0.717, 1.165) is 0 Å². The Hall–Kier alpha value is -2.86. The van der Waals surface area contributed by atoms with Crippen molar-refractivity contribution < 1.29 is 9.53 Å². The van der Waals surface area contributed by atoms with Crippen LogP contribution in [0.15, 0.2) is 47.3 Å². The van der Waals surface area contributed by atoms with Gasteiger partial charge in [-0.2, -0.15) is 5.10 Å². The first-order chi connectivity index (χ1) is 12.0. The highest BCUT2D eigenvalue weighted by Crippen LogP contribution is 2.27. The van der Waals surface area contributed by atoms with Gasteiger partial charge < -0.3 is 10.1 Å². The number of aromatic nitrogens is 2. The summed E-state index contributed by atoms with van der Waals surface area (Å²) in [5, 5.41) is 8.62. The molecule has 2 aromatic carbocycles. The molecule has 1 N–H and O–H groups in total. The Balaban J connectivity index is 1.86. The highest BCUT2D eigenvalue weighted by Gasteiger charge is 2.13. The van der Waals surface area contributed by atoms with Crippen LogP contribution in [-0.2, 0) is 18.3 Å². The lowest BCUT2D eigenvalue weighted by atomic mass is 10.1. The van der Waals surface area contributed by atoms with E-state index in [2.05, 4.69) is 10.4 Å². The second kappa shape index (κ2) is 6.94. The molecule has 3 rings (SSSR count). The fourth-order valence-electron chi connectivity index (χ4n) is 2.61. The van der Waals surface area contributed by atoms with E-state index in [4.69, 9.17) is 16.3 Å². The predicted molar refractivity (Wildman–Crippen MR) is 97.3 cm³/mol. The van der Waals surface area contributed by atoms with Crippen molar-refractivity contribution in [1.29, 1.82) is 0 Å². The van der Waals surface area contributed by atoms with E-state index in [1.165, 1.54) is 11.8 Å². The fourth-order valence-corrected chi connectivity index (χ4v) is 2.87. The lowest BCUT2D eigenvalue weighted by Gasteiger charge is -2.10. The number of methoxy groups -OCH3 is 1. The normalized spacial score (nSPS) is 10.7. The molecular weight excluding hydrogens is 342 g/mol. The van der Waals surface area contributed by atoms with Gasteiger partial charge in [0.05, 0.1) is 29.6 Å². The van der Waals surface area contributed by atoms with E-state index in [1.807, 2.05) is 6.07 Å². The molecule has 0 unspecified atom stereocenters. The van der Waals surface area contributed by atoms with Crippen LogP contribution in [0.3, 0.4) is 0 Å². The summed E-state index contributed by atoms with van der Waals surface area (Å²) < 4.78 is 6.33. The quantitative estimate of drug-likeness (QED) is 0.779. The summed E-state index contributed by atoms with van der Waals surface area (Å²) in [7, 11) is 3.09. The maximum atomic E-state index is 12.4. The molecular formula is C18H16ClN3O3. The number of ether oxygens (including phenoxy) is 1. The van der Waals surface area contributed by atoms with E-state index in [0.29, 0.717) is 32.9 Å². The molecule has 0 bridgehead atoms. The van der Waals surface area contributed by atoms with Gasteiger partial charge in [0.15, 0.2) is 0 Å². The van der Waals surface area contributed by atoms with Crippen molar-refractivity contribution >= 4 is 34.0 Å². The van der Waals surface area contributed by atoms with E-state index >= 15 is 0 Å². The molecule has 0 fully saturated rings. The molecule has 0 saturated carbocycles. The standard InChI is InChI=1S/C18H16ClN3O3/c1-22-18(24)13-6-4-3-5-12(13)15(21-22)10-17(23)20-11-7-8-16(25-2)14(19)9-11/h3-9H,10H2,1-2H3,(H,20,23). The van der Waals surface area contributed by atoms with Gasteiger partial charge in [0.1, 0.15) is 5.75 Å². The van der Waals surface area contributed by atoms with Crippen LogP contribution in [0.5, 0.6) is 5.75 Å². The van der Waals surface area contributed by atoms with Crippen molar-refractivity contribution in [2.75, 3.05) is 12.4 Å². The van der Waals surface area contributed by atoms with Crippen molar-refractivity contribution in [1.82, 2.24) is 9.78 Å². The Bertz CT molecular complexity index is 1010. The maximum Gasteiger partial charge on any atom is 0.274 e. The van der Waals surface area contributed by atoms with Crippen LogP contribution < -0.4 is 15.6 Å². The van der Waals surface area contributed by atoms with Crippen molar-refractivity contribution in [3.05, 3.63) is 63.5 Å². The molecule has 0 saturated heterocycles. The summed E-state index contributed by atoms with van der Waals surface area (Å²) in [4.78, 5) is 24.5. The summed E-state index contributed by atoms with van der Waals surface area (Å²) in [6.07, 6.45) is 0.0400. The summed E-state index contributed by atoms with van der Waals surface area (Å²) >= 11 is 6.06. The van der Waals surface area contributed by atoms with E-state index in [9.17, 15) is 9.59 Å². The molecule has 0 atom stereocenters. The van der Waals surface area contributed by atoms with Crippen molar-refractivity contribution in [3.8, 4) is 5.75 Å². The number of halogens is 1. The van der Waals surface area contributed by atoms with E-state index < -0.39 is 0 Å². The van der Waals surface area contributed by atoms with Crippen molar-refractivity contribution in [2.24, 2.45) is 7.05 Å². The zero-order valence-corrected chi connectivity index (χ0v) is 14.5. The second-order valence-corrected chi connectivity index (χ2v) is 5.90. The van der Waals surface area contributed by atoms with Crippen LogP contribution in [0, 0.1) is 0 Å². The first-order valence-corrected chi connectivity index (χ1v) is 7.95. The van der Waals surface area contributed by atoms with Gasteiger partial charge in [0.25, 0.3) is 5.56 Å². The van der Waals surface area contributed by atoms with Crippen LogP contribution in [0.4, 0.5) is 5.69 Å². The largest absolute Gasteiger partial charge is 0.495 e. The number of nitrogens with zero attached hydrogens (tertiary/aromatic N) is 2. The van der Waals surface area contributed by atoms with Gasteiger partial charge in [0.2, 0.25) is 5.91 Å². The summed E-state index contributed by atoms with van der Waals surface area (Å²) in [6, 6.07) is 12.1. The van der Waals surface area contributed by atoms with Crippen LogP contribution in [0.25, 0.3) is 10.8 Å². The minimum Gasteiger partial charge on any atom is -0.495 e. The van der Waals surface area contributed by atoms with Gasteiger partial charge in [-0.3, -0.25) is 9.59 Å². The van der Waals surface area contributed by atoms with Gasteiger partial charge in [0, 0.05) is 18.1 Å². The topological polar surface area (TPSA) is 73.2 Å². The van der Waals surface area contributed by atoms with E-state index in [1.54, 1.807) is 43.4 Å². The van der Waals surface area contributed by atoms with Crippen LogP contribution in [0.2, 0.25) is 5.02 Å². The minimum atomic E-state index is -0.252. The summed E-state index contributed by atoms with van der Waals surface area (Å²) in [5.74, 6) is 0.280. The SMILES string of the molecule is COc1ccc(NC(=O)Cc2nn(C)c(=O)c3ccccc23)cc1Cl. The lowest BCUT2D eigenvalue weighted by Crippen LogP contribution is -2.24. The Labute approximate surface area is 149 Å². The summed E-state index contributed by atoms with van der Waals surface area (Å²) in [6.45, 7) is 0. The number of carbonyl (C=O) groups is 1. The van der Waals surface area contributed by atoms with Crippen LogP contribution in [-0.4, -0.2) is 22.8 Å². The molecule has 0 radical (unpaired) electrons. The lowest BCUT2D eigenvalue weighted by molar-refractivity contribution is -0.115. The number of carbonyl (C=O) groups excluding carboxylic acids is 1. The van der Waals surface area contributed by atoms with Crippen LogP contribution >= 0.6 is 11.6 Å². The van der Waals surface area contributed by atoms with Gasteiger partial charge in [-0.05, 0) is 24.3 Å². The molecule has 0 spiro atoms. The fraction of sp³-hybridized carbons (Fsp3) is 0.167. The molecule has 128 valence electrons. The zero-order chi connectivity index (χ0) is 18.0. The van der Waals surface area contributed by atoms with Crippen LogP contribution in [0.1, 0.15) is 5.69 Å². The molecule has 0 aliphatic rings. The summed E-state index contributed by atoms with van der Waals surface area (Å²) in [5.41, 5.74) is 0.904. The van der Waals surface area contributed by atoms with Gasteiger partial charge >= 0.3 is 0 Å². The number of anilines is 1. The average Bonchev–Trinajstić information content (AvgIpc) is 2.59. The molecule has 0 aliphatic heterocycles. The monoisotopic (exact) mass is 357 g/mol. The first kappa shape index (κ1) is 17.0. The minimum absolute atomic E-state index is 0.0400. The maximum absolute atomic E-state index is 12.4. The third-order valence-electron chi connectivity index (χ3n) is 3.80. The second-order valence-electron chi connectivity index (χ2n) is 5.50. The Kier molecular flexibility index (Phi) is 4.72. The molecule has 0 aliphatic carbocycles. The number of nitrogens with one attached hydrogen (secondary N) is 1. The molecule has 1 aromatic heterocycles. The highest BCUT2D eigenvalue weighted by atomic mass is 35.5. The number of hydrogen-bond donors (Lipinski definition) is 1. The molecule has 25 heavy (non-hydrogen) atoms. The number of fused-ring (bicyclic) bond motifs is 1. The Morgan fingerprint density at radius 1 is 1.24 bits per heavy atom.